The van der Waals surface area contributed by atoms with Gasteiger partial charge in [0.1, 0.15) is 17.9 Å². The lowest BCUT2D eigenvalue weighted by atomic mass is 10.1. The van der Waals surface area contributed by atoms with Gasteiger partial charge in [-0.1, -0.05) is 0 Å². The molecule has 0 spiro atoms. The molecule has 5 rings (SSSR count). The van der Waals surface area contributed by atoms with E-state index in [9.17, 15) is 20.0 Å². The zero-order chi connectivity index (χ0) is 23.7. The minimum atomic E-state index is -0.745. The van der Waals surface area contributed by atoms with Gasteiger partial charge in [0, 0.05) is 23.7 Å². The number of rotatable bonds is 7. The van der Waals surface area contributed by atoms with E-state index in [1.54, 1.807) is 0 Å². The Labute approximate surface area is 193 Å². The summed E-state index contributed by atoms with van der Waals surface area (Å²) in [5, 5.41) is 24.6. The number of nitro benzene ring substituents is 1. The standard InChI is InChI=1S/C23H22N6O5/c30-20-12-16-17(11-19(20)29(32)33)22(31)26-18-13-24-23(27-21(16)18)25-14-3-5-15(6-4-14)34-10-9-28-7-1-2-8-28/h3-6,11-13,30H,1-2,7-10H2,(H,26,31)(H,24,25,27). The van der Waals surface area contributed by atoms with Gasteiger partial charge >= 0.3 is 5.69 Å². The number of aromatic amines is 1. The molecule has 0 atom stereocenters. The topological polar surface area (TPSA) is 147 Å². The maximum Gasteiger partial charge on any atom is 0.311 e. The second kappa shape index (κ2) is 8.94. The SMILES string of the molecule is O=c1[nH]c2cnc(Nc3ccc(OCCN4CCCC4)cc3)nc2c2cc(O)c([N+](=O)[O-])cc12. The largest absolute Gasteiger partial charge is 0.502 e. The highest BCUT2D eigenvalue weighted by Gasteiger charge is 2.18. The highest BCUT2D eigenvalue weighted by atomic mass is 16.6. The lowest BCUT2D eigenvalue weighted by molar-refractivity contribution is -0.385. The molecule has 11 heteroatoms. The highest BCUT2D eigenvalue weighted by molar-refractivity contribution is 6.04. The van der Waals surface area contributed by atoms with Gasteiger partial charge in [-0.2, -0.15) is 0 Å². The number of benzene rings is 2. The smallest absolute Gasteiger partial charge is 0.311 e. The van der Waals surface area contributed by atoms with E-state index in [1.807, 2.05) is 24.3 Å². The van der Waals surface area contributed by atoms with Crippen LogP contribution in [0.2, 0.25) is 0 Å². The third kappa shape index (κ3) is 4.33. The van der Waals surface area contributed by atoms with Crippen LogP contribution in [-0.2, 0) is 0 Å². The van der Waals surface area contributed by atoms with Crippen LogP contribution in [0, 0.1) is 10.1 Å². The summed E-state index contributed by atoms with van der Waals surface area (Å²) >= 11 is 0. The van der Waals surface area contributed by atoms with E-state index in [0.717, 1.165) is 37.1 Å². The number of aromatic nitrogens is 3. The Morgan fingerprint density at radius 3 is 2.68 bits per heavy atom. The molecule has 4 aromatic rings. The van der Waals surface area contributed by atoms with Crippen molar-refractivity contribution in [2.24, 2.45) is 0 Å². The zero-order valence-corrected chi connectivity index (χ0v) is 18.2. The molecular formula is C23H22N6O5. The first-order valence-corrected chi connectivity index (χ1v) is 10.9. The summed E-state index contributed by atoms with van der Waals surface area (Å²) in [6, 6.07) is 9.63. The van der Waals surface area contributed by atoms with Crippen LogP contribution >= 0.6 is 0 Å². The number of nitrogens with zero attached hydrogens (tertiary/aromatic N) is 4. The minimum Gasteiger partial charge on any atom is -0.502 e. The molecule has 3 heterocycles. The quantitative estimate of drug-likeness (QED) is 0.214. The van der Waals surface area contributed by atoms with Gasteiger partial charge in [-0.05, 0) is 56.3 Å². The van der Waals surface area contributed by atoms with Crippen LogP contribution in [0.15, 0.2) is 47.4 Å². The number of nitro groups is 1. The van der Waals surface area contributed by atoms with Crippen LogP contribution in [0.4, 0.5) is 17.3 Å². The molecule has 2 aromatic carbocycles. The van der Waals surface area contributed by atoms with E-state index < -0.39 is 21.9 Å². The van der Waals surface area contributed by atoms with Gasteiger partial charge < -0.3 is 20.1 Å². The molecule has 174 valence electrons. The van der Waals surface area contributed by atoms with Crippen molar-refractivity contribution in [2.45, 2.75) is 12.8 Å². The average molecular weight is 462 g/mol. The third-order valence-electron chi connectivity index (χ3n) is 5.83. The van der Waals surface area contributed by atoms with Crippen molar-refractivity contribution < 1.29 is 14.8 Å². The summed E-state index contributed by atoms with van der Waals surface area (Å²) in [7, 11) is 0. The van der Waals surface area contributed by atoms with E-state index in [2.05, 4.69) is 25.2 Å². The fourth-order valence-corrected chi connectivity index (χ4v) is 4.10. The van der Waals surface area contributed by atoms with Crippen LogP contribution < -0.4 is 15.6 Å². The minimum absolute atomic E-state index is 0.0529. The monoisotopic (exact) mass is 462 g/mol. The van der Waals surface area contributed by atoms with Crippen LogP contribution in [0.3, 0.4) is 0 Å². The van der Waals surface area contributed by atoms with Gasteiger partial charge in [-0.15, -0.1) is 0 Å². The summed E-state index contributed by atoms with van der Waals surface area (Å²) in [5.41, 5.74) is 0.346. The number of hydrogen-bond acceptors (Lipinski definition) is 9. The predicted octanol–water partition coefficient (Wildman–Crippen LogP) is 3.30. The summed E-state index contributed by atoms with van der Waals surface area (Å²) in [5.74, 6) is 0.490. The Hall–Kier alpha value is -4.25. The van der Waals surface area contributed by atoms with E-state index in [4.69, 9.17) is 4.74 Å². The fourth-order valence-electron chi connectivity index (χ4n) is 4.10. The van der Waals surface area contributed by atoms with Gasteiger partial charge in [0.15, 0.2) is 5.75 Å². The molecule has 3 N–H and O–H groups in total. The number of H-pyrrole nitrogens is 1. The summed E-state index contributed by atoms with van der Waals surface area (Å²) in [6.45, 7) is 3.83. The summed E-state index contributed by atoms with van der Waals surface area (Å²) in [4.78, 5) is 36.5. The maximum absolute atomic E-state index is 12.4. The molecular weight excluding hydrogens is 440 g/mol. The zero-order valence-electron chi connectivity index (χ0n) is 18.2. The molecule has 2 aromatic heterocycles. The number of pyridine rings is 1. The Kier molecular flexibility index (Phi) is 5.68. The second-order valence-corrected chi connectivity index (χ2v) is 8.10. The molecule has 34 heavy (non-hydrogen) atoms. The molecule has 0 unspecified atom stereocenters. The van der Waals surface area contributed by atoms with E-state index in [0.29, 0.717) is 17.6 Å². The molecule has 0 amide bonds. The van der Waals surface area contributed by atoms with Gasteiger partial charge in [0.2, 0.25) is 5.95 Å². The first-order valence-electron chi connectivity index (χ1n) is 10.9. The molecule has 1 aliphatic rings. The van der Waals surface area contributed by atoms with Crippen LogP contribution in [0.5, 0.6) is 11.5 Å². The number of anilines is 2. The maximum atomic E-state index is 12.4. The van der Waals surface area contributed by atoms with Crippen LogP contribution in [0.25, 0.3) is 21.8 Å². The van der Waals surface area contributed by atoms with E-state index in [-0.39, 0.29) is 16.7 Å². The second-order valence-electron chi connectivity index (χ2n) is 8.10. The number of nitrogens with one attached hydrogen (secondary N) is 2. The third-order valence-corrected chi connectivity index (χ3v) is 5.83. The number of phenolic OH excluding ortho intramolecular Hbond substituents is 1. The Morgan fingerprint density at radius 2 is 1.94 bits per heavy atom. The molecule has 1 saturated heterocycles. The molecule has 0 bridgehead atoms. The normalized spacial score (nSPS) is 14.0. The van der Waals surface area contributed by atoms with Gasteiger partial charge in [-0.25, -0.2) is 9.97 Å². The predicted molar refractivity (Wildman–Crippen MR) is 127 cm³/mol. The first kappa shape index (κ1) is 21.6. The molecule has 0 aliphatic carbocycles. The van der Waals surface area contributed by atoms with Gasteiger partial charge in [0.25, 0.3) is 5.56 Å². The molecule has 0 saturated carbocycles. The molecule has 11 nitrogen and oxygen atoms in total. The number of ether oxygens (including phenoxy) is 1. The fraction of sp³-hybridized carbons (Fsp3) is 0.261. The summed E-state index contributed by atoms with van der Waals surface area (Å²) < 4.78 is 5.82. The number of aromatic hydroxyl groups is 1. The summed E-state index contributed by atoms with van der Waals surface area (Å²) in [6.07, 6.45) is 3.95. The van der Waals surface area contributed by atoms with Gasteiger partial charge in [0.05, 0.1) is 22.0 Å². The lowest BCUT2D eigenvalue weighted by Gasteiger charge is -2.15. The Balaban J connectivity index is 1.37. The number of phenols is 1. The van der Waals surface area contributed by atoms with Crippen molar-refractivity contribution in [1.29, 1.82) is 0 Å². The molecule has 0 radical (unpaired) electrons. The lowest BCUT2D eigenvalue weighted by Crippen LogP contribution is -2.25. The number of hydrogen-bond donors (Lipinski definition) is 3. The highest BCUT2D eigenvalue weighted by Crippen LogP contribution is 2.32. The van der Waals surface area contributed by atoms with Crippen molar-refractivity contribution in [3.63, 3.8) is 0 Å². The average Bonchev–Trinajstić information content (AvgIpc) is 3.34. The van der Waals surface area contributed by atoms with Crippen molar-refractivity contribution in [3.05, 3.63) is 63.1 Å². The first-order chi connectivity index (χ1) is 16.5. The van der Waals surface area contributed by atoms with Crippen molar-refractivity contribution >= 4 is 39.1 Å². The number of likely N-dealkylation sites (tertiary alicyclic amines) is 1. The Morgan fingerprint density at radius 1 is 1.18 bits per heavy atom. The van der Waals surface area contributed by atoms with E-state index >= 15 is 0 Å². The van der Waals surface area contributed by atoms with E-state index in [1.165, 1.54) is 25.1 Å². The Bertz CT molecular complexity index is 1430. The molecule has 1 fully saturated rings. The van der Waals surface area contributed by atoms with Crippen molar-refractivity contribution in [2.75, 3.05) is 31.6 Å². The van der Waals surface area contributed by atoms with Crippen molar-refractivity contribution in [1.82, 2.24) is 19.9 Å². The van der Waals surface area contributed by atoms with Crippen LogP contribution in [-0.4, -0.2) is 56.1 Å². The number of fused-ring (bicyclic) bond motifs is 3. The van der Waals surface area contributed by atoms with Gasteiger partial charge in [-0.3, -0.25) is 19.8 Å². The van der Waals surface area contributed by atoms with Crippen LogP contribution in [0.1, 0.15) is 12.8 Å². The molecule has 1 aliphatic heterocycles. The van der Waals surface area contributed by atoms with Crippen molar-refractivity contribution in [3.8, 4) is 11.5 Å².